The molecule has 4 aromatic rings. The lowest BCUT2D eigenvalue weighted by Gasteiger charge is -2.12. The summed E-state index contributed by atoms with van der Waals surface area (Å²) in [5.41, 5.74) is -0.453. The number of hydrogen-bond donors (Lipinski definition) is 1. The molecular weight excluding hydrogens is 449 g/mol. The number of carbonyl (C=O) groups is 1. The number of aryl methyl sites for hydroxylation is 1. The first kappa shape index (κ1) is 22.2. The molecule has 2 aromatic heterocycles. The Morgan fingerprint density at radius 1 is 1.06 bits per heavy atom. The number of fused-ring (bicyclic) bond motifs is 1. The van der Waals surface area contributed by atoms with Gasteiger partial charge in [-0.2, -0.15) is 27.1 Å². The Bertz CT molecular complexity index is 1330. The number of rotatable bonds is 5. The van der Waals surface area contributed by atoms with Gasteiger partial charge in [0.25, 0.3) is 0 Å². The van der Waals surface area contributed by atoms with Gasteiger partial charge in [0.05, 0.1) is 33.6 Å². The maximum atomic E-state index is 13.9. The second-order valence-corrected chi connectivity index (χ2v) is 7.00. The van der Waals surface area contributed by atoms with Crippen molar-refractivity contribution in [3.8, 4) is 22.7 Å². The van der Waals surface area contributed by atoms with Gasteiger partial charge in [-0.15, -0.1) is 0 Å². The van der Waals surface area contributed by atoms with Gasteiger partial charge >= 0.3 is 18.8 Å². The summed E-state index contributed by atoms with van der Waals surface area (Å²) in [4.78, 5) is 15.5. The van der Waals surface area contributed by atoms with E-state index in [9.17, 15) is 26.7 Å². The van der Waals surface area contributed by atoms with E-state index in [2.05, 4.69) is 14.8 Å². The van der Waals surface area contributed by atoms with Crippen LogP contribution in [0.2, 0.25) is 0 Å². The molecule has 1 N–H and O–H groups in total. The fraction of sp³-hybridized carbons (Fsp3) is 0.136. The number of hydrogen-bond acceptors (Lipinski definition) is 4. The van der Waals surface area contributed by atoms with E-state index in [-0.39, 0.29) is 39.3 Å². The Labute approximate surface area is 182 Å². The summed E-state index contributed by atoms with van der Waals surface area (Å²) in [7, 11) is 0. The van der Waals surface area contributed by atoms with Crippen LogP contribution in [0.3, 0.4) is 0 Å². The maximum Gasteiger partial charge on any atom is 0.417 e. The summed E-state index contributed by atoms with van der Waals surface area (Å²) in [6.07, 6.45) is -4.72. The molecule has 170 valence electrons. The van der Waals surface area contributed by atoms with Crippen molar-refractivity contribution in [3.63, 3.8) is 0 Å². The molecule has 33 heavy (non-hydrogen) atoms. The predicted octanol–water partition coefficient (Wildman–Crippen LogP) is 5.71. The minimum absolute atomic E-state index is 0.00247. The summed E-state index contributed by atoms with van der Waals surface area (Å²) in [5, 5.41) is 13.1. The Balaban J connectivity index is 1.91. The molecule has 0 atom stereocenters. The number of aromatic carboxylic acids is 1. The van der Waals surface area contributed by atoms with Gasteiger partial charge in [-0.25, -0.2) is 14.5 Å². The topological polar surface area (TPSA) is 77.2 Å². The molecule has 2 aromatic carbocycles. The zero-order chi connectivity index (χ0) is 23.9. The van der Waals surface area contributed by atoms with Crippen LogP contribution in [-0.2, 0) is 6.18 Å². The molecule has 0 fully saturated rings. The van der Waals surface area contributed by atoms with Crippen LogP contribution >= 0.6 is 0 Å². The van der Waals surface area contributed by atoms with Gasteiger partial charge in [-0.3, -0.25) is 0 Å². The smallest absolute Gasteiger partial charge is 0.417 e. The molecule has 0 unspecified atom stereocenters. The molecule has 0 saturated heterocycles. The van der Waals surface area contributed by atoms with E-state index in [1.807, 2.05) is 0 Å². The molecule has 11 heteroatoms. The zero-order valence-electron chi connectivity index (χ0n) is 16.8. The van der Waals surface area contributed by atoms with E-state index in [1.165, 1.54) is 60.1 Å². The van der Waals surface area contributed by atoms with Gasteiger partial charge in [0.1, 0.15) is 5.75 Å². The highest BCUT2D eigenvalue weighted by atomic mass is 19.4. The van der Waals surface area contributed by atoms with Gasteiger partial charge < -0.3 is 9.84 Å². The third-order valence-electron chi connectivity index (χ3n) is 4.85. The first-order valence-electron chi connectivity index (χ1n) is 9.41. The number of carboxylic acid groups (broad SMARTS) is 1. The van der Waals surface area contributed by atoms with Gasteiger partial charge in [-0.05, 0) is 61.5 Å². The van der Waals surface area contributed by atoms with E-state index < -0.39 is 24.3 Å². The molecule has 0 aliphatic rings. The molecule has 0 aliphatic heterocycles. The Hall–Kier alpha value is -4.02. The molecule has 6 nitrogen and oxygen atoms in total. The number of pyridine rings is 1. The van der Waals surface area contributed by atoms with E-state index in [0.29, 0.717) is 5.69 Å². The molecule has 4 rings (SSSR count). The van der Waals surface area contributed by atoms with Crippen molar-refractivity contribution >= 4 is 17.0 Å². The molecule has 2 heterocycles. The second kappa shape index (κ2) is 8.15. The average Bonchev–Trinajstić information content (AvgIpc) is 3.09. The molecule has 0 amide bonds. The van der Waals surface area contributed by atoms with Crippen molar-refractivity contribution in [2.75, 3.05) is 0 Å². The minimum atomic E-state index is -4.72. The lowest BCUT2D eigenvalue weighted by molar-refractivity contribution is -0.136. The fourth-order valence-corrected chi connectivity index (χ4v) is 3.39. The molecular formula is C22H14F5N3O3. The summed E-state index contributed by atoms with van der Waals surface area (Å²) >= 11 is 0. The summed E-state index contributed by atoms with van der Waals surface area (Å²) < 4.78 is 72.0. The second-order valence-electron chi connectivity index (χ2n) is 7.00. The van der Waals surface area contributed by atoms with E-state index >= 15 is 0 Å². The van der Waals surface area contributed by atoms with Crippen molar-refractivity contribution in [1.29, 1.82) is 0 Å². The van der Waals surface area contributed by atoms with Crippen LogP contribution in [0, 0.1) is 6.92 Å². The van der Waals surface area contributed by atoms with Gasteiger partial charge in [-0.1, -0.05) is 0 Å². The van der Waals surface area contributed by atoms with E-state index in [4.69, 9.17) is 5.11 Å². The molecule has 0 radical (unpaired) electrons. The molecule has 0 aliphatic carbocycles. The van der Waals surface area contributed by atoms with Crippen LogP contribution in [0.25, 0.3) is 28.0 Å². The third kappa shape index (κ3) is 4.34. The monoisotopic (exact) mass is 463 g/mol. The Kier molecular flexibility index (Phi) is 5.48. The summed E-state index contributed by atoms with van der Waals surface area (Å²) in [6.45, 7) is -1.62. The van der Waals surface area contributed by atoms with Crippen molar-refractivity contribution in [2.45, 2.75) is 19.7 Å². The van der Waals surface area contributed by atoms with Crippen LogP contribution < -0.4 is 4.74 Å². The average molecular weight is 463 g/mol. The van der Waals surface area contributed by atoms with Crippen molar-refractivity contribution in [1.82, 2.24) is 14.8 Å². The molecule has 0 saturated carbocycles. The van der Waals surface area contributed by atoms with Crippen LogP contribution in [0.4, 0.5) is 22.0 Å². The number of benzene rings is 2. The quantitative estimate of drug-likeness (QED) is 0.384. The maximum absolute atomic E-state index is 13.9. The predicted molar refractivity (Wildman–Crippen MR) is 108 cm³/mol. The Morgan fingerprint density at radius 3 is 2.24 bits per heavy atom. The molecule has 0 spiro atoms. The number of carboxylic acids is 1. The Morgan fingerprint density at radius 2 is 1.70 bits per heavy atom. The van der Waals surface area contributed by atoms with Gasteiger partial charge in [0.2, 0.25) is 0 Å². The fourth-order valence-electron chi connectivity index (χ4n) is 3.39. The lowest BCUT2D eigenvalue weighted by atomic mass is 10.0. The number of nitrogens with zero attached hydrogens (tertiary/aromatic N) is 3. The largest absolute Gasteiger partial charge is 0.478 e. The third-order valence-corrected chi connectivity index (χ3v) is 4.85. The van der Waals surface area contributed by atoms with Crippen LogP contribution in [0.1, 0.15) is 21.6 Å². The standard InChI is InChI=1S/C22H14F5N3O3/c1-11-18-16(22(25,26)27)10-17(12-4-8-15(9-5-12)33-21(23)24)28-19(18)30(29-11)14-6-2-13(3-7-14)20(31)32/h2-10,21H,1H3,(H,31,32). The van der Waals surface area contributed by atoms with Gasteiger partial charge in [0.15, 0.2) is 5.65 Å². The van der Waals surface area contributed by atoms with Crippen molar-refractivity contribution in [3.05, 3.63) is 71.4 Å². The summed E-state index contributed by atoms with van der Waals surface area (Å²) in [6, 6.07) is 11.3. The van der Waals surface area contributed by atoms with Crippen molar-refractivity contribution in [2.24, 2.45) is 0 Å². The SMILES string of the molecule is Cc1nn(-c2ccc(C(=O)O)cc2)c2nc(-c3ccc(OC(F)F)cc3)cc(C(F)(F)F)c12. The van der Waals surface area contributed by atoms with E-state index in [1.54, 1.807) is 0 Å². The van der Waals surface area contributed by atoms with Crippen LogP contribution in [0.15, 0.2) is 54.6 Å². The zero-order valence-corrected chi connectivity index (χ0v) is 16.8. The highest BCUT2D eigenvalue weighted by Gasteiger charge is 2.36. The molecule has 0 bridgehead atoms. The first-order valence-corrected chi connectivity index (χ1v) is 9.41. The van der Waals surface area contributed by atoms with E-state index in [0.717, 1.165) is 6.07 Å². The lowest BCUT2D eigenvalue weighted by Crippen LogP contribution is -2.08. The van der Waals surface area contributed by atoms with Crippen LogP contribution in [-0.4, -0.2) is 32.5 Å². The first-order chi connectivity index (χ1) is 15.5. The summed E-state index contributed by atoms with van der Waals surface area (Å²) in [5.74, 6) is -1.30. The van der Waals surface area contributed by atoms with Crippen molar-refractivity contribution < 1.29 is 36.6 Å². The normalized spacial score (nSPS) is 11.8. The van der Waals surface area contributed by atoms with Gasteiger partial charge in [0, 0.05) is 5.56 Å². The number of aromatic nitrogens is 3. The van der Waals surface area contributed by atoms with Crippen LogP contribution in [0.5, 0.6) is 5.75 Å². The highest BCUT2D eigenvalue weighted by Crippen LogP contribution is 2.39. The number of ether oxygens (including phenoxy) is 1. The highest BCUT2D eigenvalue weighted by molar-refractivity contribution is 5.89. The minimum Gasteiger partial charge on any atom is -0.478 e. The number of halogens is 5. The number of alkyl halides is 5.